The lowest BCUT2D eigenvalue weighted by Crippen LogP contribution is -1.97. The van der Waals surface area contributed by atoms with Crippen molar-refractivity contribution in [1.82, 2.24) is 0 Å². The fourth-order valence-electron chi connectivity index (χ4n) is 0.683. The first-order valence-electron chi connectivity index (χ1n) is 3.35. The Morgan fingerprint density at radius 1 is 1.58 bits per heavy atom. The summed E-state index contributed by atoms with van der Waals surface area (Å²) in [5.74, 6) is -2.16. The molecule has 0 atom stereocenters. The van der Waals surface area contributed by atoms with Crippen LogP contribution in [0.1, 0.15) is 0 Å². The zero-order valence-electron chi connectivity index (χ0n) is 6.31. The molecule has 1 aromatic carbocycles. The number of hydrogen-bond donors (Lipinski definition) is 0. The summed E-state index contributed by atoms with van der Waals surface area (Å²) in [6, 6.07) is 4.67. The zero-order chi connectivity index (χ0) is 8.97. The topological polar surface area (TPSA) is 9.23 Å². The number of halogens is 2. The molecular formula is C9H7F2O. The van der Waals surface area contributed by atoms with E-state index >= 15 is 0 Å². The smallest absolute Gasteiger partial charge is 0.201 e. The van der Waals surface area contributed by atoms with Gasteiger partial charge < -0.3 is 4.74 Å². The van der Waals surface area contributed by atoms with Crippen molar-refractivity contribution in [2.24, 2.45) is 0 Å². The van der Waals surface area contributed by atoms with Crippen LogP contribution in [0.2, 0.25) is 0 Å². The van der Waals surface area contributed by atoms with Crippen LogP contribution in [0.4, 0.5) is 8.78 Å². The number of rotatable bonds is 3. The largest absolute Gasteiger partial charge is 0.486 e. The van der Waals surface area contributed by atoms with Crippen LogP contribution < -0.4 is 4.74 Å². The Morgan fingerprint density at radius 3 is 3.00 bits per heavy atom. The molecule has 0 N–H and O–H groups in total. The highest BCUT2D eigenvalue weighted by atomic mass is 19.2. The molecule has 1 aromatic rings. The molecular weight excluding hydrogens is 162 g/mol. The van der Waals surface area contributed by atoms with E-state index in [1.165, 1.54) is 12.1 Å². The Balaban J connectivity index is 2.84. The van der Waals surface area contributed by atoms with Gasteiger partial charge in [0, 0.05) is 6.07 Å². The van der Waals surface area contributed by atoms with Crippen molar-refractivity contribution >= 4 is 0 Å². The van der Waals surface area contributed by atoms with Crippen LogP contribution in [0.15, 0.2) is 24.8 Å². The standard InChI is InChI=1S/C9H7F2O/c1-2-6-12-8-5-3-4-7(10)9(8)11/h2-4H,1,6H2. The minimum atomic E-state index is -1.01. The minimum Gasteiger partial charge on any atom is -0.486 e. The second kappa shape index (κ2) is 3.85. The maximum absolute atomic E-state index is 12.8. The third-order valence-corrected chi connectivity index (χ3v) is 1.20. The molecule has 0 saturated carbocycles. The second-order valence-electron chi connectivity index (χ2n) is 2.07. The van der Waals surface area contributed by atoms with E-state index in [0.717, 1.165) is 6.07 Å². The number of ether oxygens (including phenoxy) is 1. The van der Waals surface area contributed by atoms with E-state index in [1.54, 1.807) is 0 Å². The third-order valence-electron chi connectivity index (χ3n) is 1.20. The normalized spacial score (nSPS) is 9.50. The summed E-state index contributed by atoms with van der Waals surface area (Å²) in [6.45, 7) is 3.51. The van der Waals surface area contributed by atoms with Crippen molar-refractivity contribution < 1.29 is 13.5 Å². The summed E-state index contributed by atoms with van der Waals surface area (Å²) in [6.07, 6.45) is 1.44. The first-order chi connectivity index (χ1) is 5.75. The highest BCUT2D eigenvalue weighted by Crippen LogP contribution is 2.17. The Kier molecular flexibility index (Phi) is 2.80. The third kappa shape index (κ3) is 1.81. The highest BCUT2D eigenvalue weighted by molar-refractivity contribution is 5.23. The van der Waals surface area contributed by atoms with Gasteiger partial charge >= 0.3 is 0 Å². The fourth-order valence-corrected chi connectivity index (χ4v) is 0.683. The maximum atomic E-state index is 12.8. The molecule has 63 valence electrons. The highest BCUT2D eigenvalue weighted by Gasteiger charge is 2.07. The number of benzene rings is 1. The van der Waals surface area contributed by atoms with Crippen LogP contribution in [-0.4, -0.2) is 6.61 Å². The SMILES string of the molecule is C=CCOc1[c]ccc(F)c1F. The molecule has 0 aliphatic carbocycles. The van der Waals surface area contributed by atoms with Crippen LogP contribution in [-0.2, 0) is 0 Å². The lowest BCUT2D eigenvalue weighted by atomic mass is 10.3. The van der Waals surface area contributed by atoms with Crippen molar-refractivity contribution in [2.75, 3.05) is 6.61 Å². The summed E-state index contributed by atoms with van der Waals surface area (Å²) in [4.78, 5) is 0. The van der Waals surface area contributed by atoms with Crippen molar-refractivity contribution in [3.63, 3.8) is 0 Å². The van der Waals surface area contributed by atoms with E-state index in [4.69, 9.17) is 4.74 Å². The molecule has 0 aromatic heterocycles. The molecule has 0 fully saturated rings. The predicted octanol–water partition coefficient (Wildman–Crippen LogP) is 2.33. The van der Waals surface area contributed by atoms with Crippen molar-refractivity contribution in [3.8, 4) is 5.75 Å². The summed E-state index contributed by atoms with van der Waals surface area (Å²) < 4.78 is 30.0. The van der Waals surface area contributed by atoms with Gasteiger partial charge in [0.2, 0.25) is 5.82 Å². The average Bonchev–Trinajstić information content (AvgIpc) is 2.08. The van der Waals surface area contributed by atoms with Crippen LogP contribution in [0.5, 0.6) is 5.75 Å². The molecule has 3 heteroatoms. The van der Waals surface area contributed by atoms with E-state index in [9.17, 15) is 8.78 Å². The van der Waals surface area contributed by atoms with Gasteiger partial charge in [-0.2, -0.15) is 4.39 Å². The number of hydrogen-bond acceptors (Lipinski definition) is 1. The molecule has 0 saturated heterocycles. The summed E-state index contributed by atoms with van der Waals surface area (Å²) in [5.41, 5.74) is 0. The van der Waals surface area contributed by atoms with Gasteiger partial charge in [-0.25, -0.2) is 4.39 Å². The van der Waals surface area contributed by atoms with Gasteiger partial charge in [-0.3, -0.25) is 0 Å². The Hall–Kier alpha value is -1.38. The van der Waals surface area contributed by atoms with Crippen molar-refractivity contribution in [3.05, 3.63) is 42.5 Å². The molecule has 0 spiro atoms. The average molecular weight is 169 g/mol. The molecule has 0 heterocycles. The van der Waals surface area contributed by atoms with Gasteiger partial charge in [0.15, 0.2) is 11.6 Å². The lowest BCUT2D eigenvalue weighted by molar-refractivity contribution is 0.332. The van der Waals surface area contributed by atoms with Crippen molar-refractivity contribution in [1.29, 1.82) is 0 Å². The van der Waals surface area contributed by atoms with E-state index in [-0.39, 0.29) is 12.4 Å². The summed E-state index contributed by atoms with van der Waals surface area (Å²) >= 11 is 0. The van der Waals surface area contributed by atoms with Gasteiger partial charge in [-0.1, -0.05) is 12.7 Å². The van der Waals surface area contributed by atoms with Crippen LogP contribution >= 0.6 is 0 Å². The van der Waals surface area contributed by atoms with Crippen LogP contribution in [0.3, 0.4) is 0 Å². The zero-order valence-corrected chi connectivity index (χ0v) is 6.31. The van der Waals surface area contributed by atoms with Crippen LogP contribution in [0.25, 0.3) is 0 Å². The molecule has 12 heavy (non-hydrogen) atoms. The second-order valence-corrected chi connectivity index (χ2v) is 2.07. The molecule has 0 aliphatic rings. The first kappa shape index (κ1) is 8.71. The Bertz CT molecular complexity index is 284. The molecule has 1 rings (SSSR count). The molecule has 1 radical (unpaired) electrons. The molecule has 1 nitrogen and oxygen atoms in total. The van der Waals surface area contributed by atoms with E-state index in [1.807, 2.05) is 0 Å². The molecule has 0 aliphatic heterocycles. The maximum Gasteiger partial charge on any atom is 0.201 e. The van der Waals surface area contributed by atoms with E-state index in [2.05, 4.69) is 12.6 Å². The monoisotopic (exact) mass is 169 g/mol. The minimum absolute atomic E-state index is 0.136. The molecule has 0 bridgehead atoms. The van der Waals surface area contributed by atoms with Crippen molar-refractivity contribution in [2.45, 2.75) is 0 Å². The van der Waals surface area contributed by atoms with Gasteiger partial charge in [0.05, 0.1) is 0 Å². The van der Waals surface area contributed by atoms with E-state index < -0.39 is 11.6 Å². The lowest BCUT2D eigenvalue weighted by Gasteiger charge is -2.03. The Morgan fingerprint density at radius 2 is 2.33 bits per heavy atom. The fraction of sp³-hybridized carbons (Fsp3) is 0.111. The van der Waals surface area contributed by atoms with Crippen LogP contribution in [0, 0.1) is 17.7 Å². The Labute approximate surface area is 69.3 Å². The molecule has 0 unspecified atom stereocenters. The van der Waals surface area contributed by atoms with Gasteiger partial charge in [-0.05, 0) is 12.1 Å². The molecule has 0 amide bonds. The van der Waals surface area contributed by atoms with E-state index in [0.29, 0.717) is 0 Å². The summed E-state index contributed by atoms with van der Waals surface area (Å²) in [7, 11) is 0. The summed E-state index contributed by atoms with van der Waals surface area (Å²) in [5, 5.41) is 0. The quantitative estimate of drug-likeness (QED) is 0.631. The first-order valence-corrected chi connectivity index (χ1v) is 3.35. The van der Waals surface area contributed by atoms with Gasteiger partial charge in [-0.15, -0.1) is 0 Å². The predicted molar refractivity (Wildman–Crippen MR) is 40.9 cm³/mol. The van der Waals surface area contributed by atoms with Gasteiger partial charge in [0.1, 0.15) is 6.61 Å². The van der Waals surface area contributed by atoms with Gasteiger partial charge in [0.25, 0.3) is 0 Å².